The number of rotatable bonds is 4. The molecule has 0 amide bonds. The SMILES string of the molecule is NCc1ccc(CS(=O)(=O)N2CCOC3CCCC32)cc1. The smallest absolute Gasteiger partial charge is 0.218 e. The van der Waals surface area contributed by atoms with E-state index in [4.69, 9.17) is 10.5 Å². The second-order valence-corrected chi connectivity index (χ2v) is 7.72. The van der Waals surface area contributed by atoms with Gasteiger partial charge in [0.2, 0.25) is 10.0 Å². The van der Waals surface area contributed by atoms with Crippen LogP contribution in [0.1, 0.15) is 30.4 Å². The van der Waals surface area contributed by atoms with Crippen LogP contribution < -0.4 is 5.73 Å². The Balaban J connectivity index is 1.76. The Bertz CT molecular complexity index is 585. The third kappa shape index (κ3) is 3.13. The molecule has 116 valence electrons. The summed E-state index contributed by atoms with van der Waals surface area (Å²) in [6, 6.07) is 7.52. The van der Waals surface area contributed by atoms with Crippen LogP contribution in [0.4, 0.5) is 0 Å². The molecular weight excluding hydrogens is 288 g/mol. The minimum Gasteiger partial charge on any atom is -0.375 e. The average molecular weight is 310 g/mol. The number of benzene rings is 1. The molecule has 0 radical (unpaired) electrons. The van der Waals surface area contributed by atoms with Gasteiger partial charge < -0.3 is 10.5 Å². The van der Waals surface area contributed by atoms with Crippen molar-refractivity contribution in [2.45, 2.75) is 43.7 Å². The van der Waals surface area contributed by atoms with Gasteiger partial charge >= 0.3 is 0 Å². The Labute approximate surface area is 126 Å². The van der Waals surface area contributed by atoms with Gasteiger partial charge in [-0.3, -0.25) is 0 Å². The van der Waals surface area contributed by atoms with E-state index in [0.717, 1.165) is 30.4 Å². The molecule has 1 aromatic carbocycles. The van der Waals surface area contributed by atoms with Gasteiger partial charge in [-0.1, -0.05) is 24.3 Å². The maximum absolute atomic E-state index is 12.7. The second-order valence-electron chi connectivity index (χ2n) is 5.80. The molecule has 1 aromatic rings. The molecule has 0 bridgehead atoms. The number of hydrogen-bond acceptors (Lipinski definition) is 4. The molecule has 2 unspecified atom stereocenters. The summed E-state index contributed by atoms with van der Waals surface area (Å²) in [6.45, 7) is 1.46. The molecule has 5 nitrogen and oxygen atoms in total. The van der Waals surface area contributed by atoms with Gasteiger partial charge in [0.15, 0.2) is 0 Å². The standard InChI is InChI=1S/C15H22N2O3S/c16-10-12-4-6-13(7-5-12)11-21(18,19)17-8-9-20-15-3-1-2-14(15)17/h4-7,14-15H,1-3,8-11,16H2. The Kier molecular flexibility index (Phi) is 4.31. The van der Waals surface area contributed by atoms with Crippen LogP contribution in [0.3, 0.4) is 0 Å². The number of sulfonamides is 1. The highest BCUT2D eigenvalue weighted by atomic mass is 32.2. The Morgan fingerprint density at radius 3 is 2.62 bits per heavy atom. The van der Waals surface area contributed by atoms with Crippen molar-refractivity contribution >= 4 is 10.0 Å². The lowest BCUT2D eigenvalue weighted by Crippen LogP contribution is -2.51. The van der Waals surface area contributed by atoms with Crippen molar-refractivity contribution < 1.29 is 13.2 Å². The predicted molar refractivity (Wildman–Crippen MR) is 81.0 cm³/mol. The molecule has 2 fully saturated rings. The van der Waals surface area contributed by atoms with Gasteiger partial charge in [0.05, 0.1) is 24.5 Å². The molecule has 21 heavy (non-hydrogen) atoms. The largest absolute Gasteiger partial charge is 0.375 e. The van der Waals surface area contributed by atoms with Gasteiger partial charge in [-0.2, -0.15) is 4.31 Å². The van der Waals surface area contributed by atoms with Gasteiger partial charge in [-0.05, 0) is 30.4 Å². The zero-order chi connectivity index (χ0) is 14.9. The summed E-state index contributed by atoms with van der Waals surface area (Å²) >= 11 is 0. The number of fused-ring (bicyclic) bond motifs is 1. The van der Waals surface area contributed by atoms with Gasteiger partial charge in [0.1, 0.15) is 0 Å². The molecule has 0 spiro atoms. The fourth-order valence-electron chi connectivity index (χ4n) is 3.30. The molecular formula is C15H22N2O3S. The summed E-state index contributed by atoms with van der Waals surface area (Å²) in [5, 5.41) is 0. The van der Waals surface area contributed by atoms with E-state index < -0.39 is 10.0 Å². The minimum atomic E-state index is -3.29. The summed E-state index contributed by atoms with van der Waals surface area (Å²) in [7, 11) is -3.29. The fourth-order valence-corrected chi connectivity index (χ4v) is 5.09. The molecule has 1 aliphatic carbocycles. The normalized spacial score (nSPS) is 26.7. The van der Waals surface area contributed by atoms with Gasteiger partial charge in [-0.25, -0.2) is 8.42 Å². The van der Waals surface area contributed by atoms with Gasteiger partial charge in [0, 0.05) is 13.1 Å². The van der Waals surface area contributed by atoms with E-state index >= 15 is 0 Å². The summed E-state index contributed by atoms with van der Waals surface area (Å²) in [4.78, 5) is 0. The predicted octanol–water partition coefficient (Wildman–Crippen LogP) is 1.23. The van der Waals surface area contributed by atoms with E-state index in [1.165, 1.54) is 0 Å². The number of ether oxygens (including phenoxy) is 1. The lowest BCUT2D eigenvalue weighted by Gasteiger charge is -2.36. The maximum atomic E-state index is 12.7. The first-order chi connectivity index (χ1) is 10.1. The molecule has 1 aliphatic heterocycles. The molecule has 6 heteroatoms. The van der Waals surface area contributed by atoms with Crippen LogP contribution in [0.5, 0.6) is 0 Å². The topological polar surface area (TPSA) is 72.6 Å². The molecule has 1 heterocycles. The highest BCUT2D eigenvalue weighted by Gasteiger charge is 2.41. The zero-order valence-corrected chi connectivity index (χ0v) is 12.9. The highest BCUT2D eigenvalue weighted by molar-refractivity contribution is 7.88. The van der Waals surface area contributed by atoms with Crippen LogP contribution in [0.15, 0.2) is 24.3 Å². The third-order valence-corrected chi connectivity index (χ3v) is 6.26. The van der Waals surface area contributed by atoms with Crippen molar-refractivity contribution in [2.24, 2.45) is 5.73 Å². The minimum absolute atomic E-state index is 0.0343. The molecule has 3 rings (SSSR count). The van der Waals surface area contributed by atoms with Crippen LogP contribution in [0, 0.1) is 0 Å². The number of hydrogen-bond donors (Lipinski definition) is 1. The number of nitrogens with two attached hydrogens (primary N) is 1. The second kappa shape index (κ2) is 6.04. The van der Waals surface area contributed by atoms with Crippen molar-refractivity contribution in [1.29, 1.82) is 0 Å². The molecule has 2 N–H and O–H groups in total. The van der Waals surface area contributed by atoms with Crippen LogP contribution >= 0.6 is 0 Å². The zero-order valence-electron chi connectivity index (χ0n) is 12.1. The quantitative estimate of drug-likeness (QED) is 0.908. The average Bonchev–Trinajstić information content (AvgIpc) is 2.95. The Morgan fingerprint density at radius 2 is 1.90 bits per heavy atom. The first-order valence-corrected chi connectivity index (χ1v) is 9.10. The van der Waals surface area contributed by atoms with Crippen LogP contribution in [-0.4, -0.2) is 38.0 Å². The van der Waals surface area contributed by atoms with Crippen molar-refractivity contribution in [2.75, 3.05) is 13.2 Å². The monoisotopic (exact) mass is 310 g/mol. The lowest BCUT2D eigenvalue weighted by atomic mass is 10.1. The van der Waals surface area contributed by atoms with Gasteiger partial charge in [0.25, 0.3) is 0 Å². The fraction of sp³-hybridized carbons (Fsp3) is 0.600. The van der Waals surface area contributed by atoms with E-state index in [0.29, 0.717) is 19.7 Å². The Hall–Kier alpha value is -0.950. The van der Waals surface area contributed by atoms with E-state index in [9.17, 15) is 8.42 Å². The maximum Gasteiger partial charge on any atom is 0.218 e. The summed E-state index contributed by atoms with van der Waals surface area (Å²) in [6.07, 6.45) is 3.03. The molecule has 1 saturated carbocycles. The van der Waals surface area contributed by atoms with E-state index in [1.54, 1.807) is 4.31 Å². The van der Waals surface area contributed by atoms with Crippen LogP contribution in [-0.2, 0) is 27.1 Å². The summed E-state index contributed by atoms with van der Waals surface area (Å²) < 4.78 is 32.8. The summed E-state index contributed by atoms with van der Waals surface area (Å²) in [5.74, 6) is 0.0566. The van der Waals surface area contributed by atoms with Crippen molar-refractivity contribution in [3.05, 3.63) is 35.4 Å². The van der Waals surface area contributed by atoms with Crippen molar-refractivity contribution in [3.8, 4) is 0 Å². The molecule has 2 atom stereocenters. The summed E-state index contributed by atoms with van der Waals surface area (Å²) in [5.41, 5.74) is 7.39. The van der Waals surface area contributed by atoms with E-state index in [-0.39, 0.29) is 17.9 Å². The first-order valence-electron chi connectivity index (χ1n) is 7.49. The van der Waals surface area contributed by atoms with Crippen LogP contribution in [0.2, 0.25) is 0 Å². The van der Waals surface area contributed by atoms with E-state index in [1.807, 2.05) is 24.3 Å². The number of morpholine rings is 1. The van der Waals surface area contributed by atoms with Gasteiger partial charge in [-0.15, -0.1) is 0 Å². The third-order valence-electron chi connectivity index (χ3n) is 4.40. The molecule has 0 aromatic heterocycles. The van der Waals surface area contributed by atoms with Crippen molar-refractivity contribution in [3.63, 3.8) is 0 Å². The lowest BCUT2D eigenvalue weighted by molar-refractivity contribution is -0.0242. The Morgan fingerprint density at radius 1 is 1.19 bits per heavy atom. The number of nitrogens with zero attached hydrogens (tertiary/aromatic N) is 1. The molecule has 2 aliphatic rings. The highest BCUT2D eigenvalue weighted by Crippen LogP contribution is 2.32. The first kappa shape index (κ1) is 15.0. The van der Waals surface area contributed by atoms with Crippen molar-refractivity contribution in [1.82, 2.24) is 4.31 Å². The molecule has 1 saturated heterocycles. The van der Waals surface area contributed by atoms with Crippen LogP contribution in [0.25, 0.3) is 0 Å². The van der Waals surface area contributed by atoms with E-state index in [2.05, 4.69) is 0 Å².